The summed E-state index contributed by atoms with van der Waals surface area (Å²) in [6.07, 6.45) is 1.58. The predicted octanol–water partition coefficient (Wildman–Crippen LogP) is 1.62. The molecule has 2 N–H and O–H groups in total. The number of hydrogen-bond donors (Lipinski definition) is 2. The van der Waals surface area contributed by atoms with Gasteiger partial charge in [0.1, 0.15) is 0 Å². The van der Waals surface area contributed by atoms with Crippen molar-refractivity contribution in [1.29, 1.82) is 5.41 Å². The summed E-state index contributed by atoms with van der Waals surface area (Å²) in [7, 11) is 0. The van der Waals surface area contributed by atoms with Gasteiger partial charge in [-0.1, -0.05) is 6.07 Å². The van der Waals surface area contributed by atoms with E-state index in [0.29, 0.717) is 11.1 Å². The van der Waals surface area contributed by atoms with Gasteiger partial charge in [0, 0.05) is 11.8 Å². The Hall–Kier alpha value is -1.77. The van der Waals surface area contributed by atoms with Gasteiger partial charge in [0.15, 0.2) is 0 Å². The summed E-state index contributed by atoms with van der Waals surface area (Å²) in [5.74, 6) is 0. The van der Waals surface area contributed by atoms with Crippen LogP contribution in [-0.4, -0.2) is 9.94 Å². The van der Waals surface area contributed by atoms with Gasteiger partial charge >= 0.3 is 0 Å². The maximum absolute atomic E-state index is 9.45. The molecule has 1 aliphatic heterocycles. The molecule has 0 aromatic rings. The lowest BCUT2D eigenvalue weighted by molar-refractivity contribution is 0.189. The zero-order valence-electron chi connectivity index (χ0n) is 7.28. The van der Waals surface area contributed by atoms with E-state index in [1.54, 1.807) is 30.5 Å². The van der Waals surface area contributed by atoms with Crippen molar-refractivity contribution in [2.45, 2.75) is 6.92 Å². The number of pyridine rings is 1. The summed E-state index contributed by atoms with van der Waals surface area (Å²) < 4.78 is 1.04. The molecule has 0 fully saturated rings. The second-order valence-corrected chi connectivity index (χ2v) is 3.04. The summed E-state index contributed by atoms with van der Waals surface area (Å²) in [5, 5.41) is 17.6. The van der Waals surface area contributed by atoms with Gasteiger partial charge in [-0.15, -0.1) is 0 Å². The highest BCUT2D eigenvalue weighted by atomic mass is 16.5. The van der Waals surface area contributed by atoms with Gasteiger partial charge in [0.05, 0.1) is 11.1 Å². The fraction of sp³-hybridized carbons (Fsp3) is 0.100. The van der Waals surface area contributed by atoms with Crippen LogP contribution in [0.15, 0.2) is 30.5 Å². The molecule has 3 heteroatoms. The van der Waals surface area contributed by atoms with Crippen molar-refractivity contribution in [1.82, 2.24) is 4.73 Å². The normalized spacial score (nSPS) is 10.5. The summed E-state index contributed by atoms with van der Waals surface area (Å²) in [6, 6.07) is 7.06. The summed E-state index contributed by atoms with van der Waals surface area (Å²) >= 11 is 0. The molecule has 0 atom stereocenters. The lowest BCUT2D eigenvalue weighted by Gasteiger charge is -2.11. The third-order valence-electron chi connectivity index (χ3n) is 2.15. The number of aromatic nitrogens is 1. The first-order valence-corrected chi connectivity index (χ1v) is 4.05. The van der Waals surface area contributed by atoms with E-state index in [-0.39, 0.29) is 0 Å². The van der Waals surface area contributed by atoms with Crippen LogP contribution in [0.1, 0.15) is 5.56 Å². The first-order chi connectivity index (χ1) is 6.20. The van der Waals surface area contributed by atoms with Gasteiger partial charge in [0.25, 0.3) is 0 Å². The van der Waals surface area contributed by atoms with Crippen molar-refractivity contribution in [3.63, 3.8) is 0 Å². The SMILES string of the molecule is Cc1ccn(O)c2cccc(=N)c1-2. The molecule has 0 amide bonds. The Morgan fingerprint density at radius 2 is 2.08 bits per heavy atom. The van der Waals surface area contributed by atoms with Crippen LogP contribution in [-0.2, 0) is 0 Å². The van der Waals surface area contributed by atoms with E-state index in [0.717, 1.165) is 15.9 Å². The van der Waals surface area contributed by atoms with Crippen LogP contribution in [0, 0.1) is 12.3 Å². The molecule has 1 aliphatic carbocycles. The highest BCUT2D eigenvalue weighted by molar-refractivity contribution is 5.63. The van der Waals surface area contributed by atoms with Crippen molar-refractivity contribution in [2.24, 2.45) is 0 Å². The number of rotatable bonds is 0. The zero-order chi connectivity index (χ0) is 9.42. The van der Waals surface area contributed by atoms with E-state index < -0.39 is 0 Å². The Kier molecular flexibility index (Phi) is 1.59. The van der Waals surface area contributed by atoms with Crippen LogP contribution in [0.3, 0.4) is 0 Å². The number of nitrogens with one attached hydrogen (secondary N) is 1. The summed E-state index contributed by atoms with van der Waals surface area (Å²) in [6.45, 7) is 1.93. The van der Waals surface area contributed by atoms with Crippen molar-refractivity contribution < 1.29 is 5.21 Å². The fourth-order valence-corrected chi connectivity index (χ4v) is 1.49. The lowest BCUT2D eigenvalue weighted by atomic mass is 10.0. The van der Waals surface area contributed by atoms with E-state index in [2.05, 4.69) is 0 Å². The molecule has 0 radical (unpaired) electrons. The Balaban J connectivity index is 2.97. The van der Waals surface area contributed by atoms with Gasteiger partial charge in [-0.2, -0.15) is 4.73 Å². The van der Waals surface area contributed by atoms with Gasteiger partial charge in [-0.25, -0.2) is 0 Å². The van der Waals surface area contributed by atoms with E-state index in [1.807, 2.05) is 6.92 Å². The quantitative estimate of drug-likeness (QED) is 0.586. The molecule has 0 spiro atoms. The van der Waals surface area contributed by atoms with Crippen molar-refractivity contribution in [2.75, 3.05) is 0 Å². The van der Waals surface area contributed by atoms with Crippen LogP contribution in [0.4, 0.5) is 0 Å². The molecule has 0 saturated carbocycles. The summed E-state index contributed by atoms with van der Waals surface area (Å²) in [5.41, 5.74) is 2.48. The standard InChI is InChI=1S/C10H10N2O/c1-7-5-6-12(13)9-4-2-3-8(11)10(7)9/h2-6,11,13H,1H3. The van der Waals surface area contributed by atoms with Crippen LogP contribution < -0.4 is 5.36 Å². The Labute approximate surface area is 75.7 Å². The second kappa shape index (κ2) is 2.62. The minimum Gasteiger partial charge on any atom is -0.428 e. The van der Waals surface area contributed by atoms with E-state index in [4.69, 9.17) is 5.41 Å². The maximum atomic E-state index is 9.45. The predicted molar refractivity (Wildman–Crippen MR) is 48.8 cm³/mol. The average molecular weight is 174 g/mol. The molecule has 3 nitrogen and oxygen atoms in total. The highest BCUT2D eigenvalue weighted by Crippen LogP contribution is 2.19. The Morgan fingerprint density at radius 3 is 2.77 bits per heavy atom. The third-order valence-corrected chi connectivity index (χ3v) is 2.15. The van der Waals surface area contributed by atoms with Gasteiger partial charge < -0.3 is 10.6 Å². The van der Waals surface area contributed by atoms with E-state index in [9.17, 15) is 5.21 Å². The van der Waals surface area contributed by atoms with Crippen LogP contribution >= 0.6 is 0 Å². The molecule has 2 aliphatic rings. The molecule has 2 rings (SSSR count). The molecule has 1 heterocycles. The Morgan fingerprint density at radius 1 is 1.31 bits per heavy atom. The van der Waals surface area contributed by atoms with Crippen LogP contribution in [0.25, 0.3) is 11.3 Å². The first kappa shape index (κ1) is 7.86. The topological polar surface area (TPSA) is 49.0 Å². The Bertz CT molecular complexity index is 473. The molecule has 0 aromatic carbocycles. The molecule has 66 valence electrons. The molecule has 13 heavy (non-hydrogen) atoms. The maximum Gasteiger partial charge on any atom is 0.0888 e. The lowest BCUT2D eigenvalue weighted by Crippen LogP contribution is -2.11. The van der Waals surface area contributed by atoms with E-state index >= 15 is 0 Å². The van der Waals surface area contributed by atoms with Gasteiger partial charge in [-0.05, 0) is 30.7 Å². The molecule has 0 aromatic heterocycles. The van der Waals surface area contributed by atoms with Crippen molar-refractivity contribution >= 4 is 0 Å². The number of nitrogens with zero attached hydrogens (tertiary/aromatic N) is 1. The van der Waals surface area contributed by atoms with Gasteiger partial charge in [0.2, 0.25) is 0 Å². The van der Waals surface area contributed by atoms with E-state index in [1.165, 1.54) is 0 Å². The van der Waals surface area contributed by atoms with Crippen LogP contribution in [0.5, 0.6) is 0 Å². The van der Waals surface area contributed by atoms with Crippen LogP contribution in [0.2, 0.25) is 0 Å². The third kappa shape index (κ3) is 1.09. The smallest absolute Gasteiger partial charge is 0.0888 e. The van der Waals surface area contributed by atoms with Crippen molar-refractivity contribution in [3.8, 4) is 11.3 Å². The molecule has 0 saturated heterocycles. The largest absolute Gasteiger partial charge is 0.428 e. The highest BCUT2D eigenvalue weighted by Gasteiger charge is 2.08. The fourth-order valence-electron chi connectivity index (χ4n) is 1.49. The monoisotopic (exact) mass is 174 g/mol. The second-order valence-electron chi connectivity index (χ2n) is 3.04. The number of hydrogen-bond acceptors (Lipinski definition) is 2. The minimum atomic E-state index is 0.443. The zero-order valence-corrected chi connectivity index (χ0v) is 7.28. The minimum absolute atomic E-state index is 0.443. The first-order valence-electron chi connectivity index (χ1n) is 4.05. The average Bonchev–Trinajstić information content (AvgIpc) is 2.12. The number of fused-ring (bicyclic) bond motifs is 1. The van der Waals surface area contributed by atoms with Crippen molar-refractivity contribution in [3.05, 3.63) is 41.4 Å². The number of aryl methyl sites for hydroxylation is 1. The van der Waals surface area contributed by atoms with Gasteiger partial charge in [-0.3, -0.25) is 0 Å². The summed E-state index contributed by atoms with van der Waals surface area (Å²) in [4.78, 5) is 0. The molecule has 0 unspecified atom stereocenters. The molecular weight excluding hydrogens is 164 g/mol. The molecule has 0 bridgehead atoms. The molecular formula is C10H10N2O. The number of benzene rings is 1.